The number of carbonyl (C=O) groups excluding carboxylic acids is 1. The van der Waals surface area contributed by atoms with Gasteiger partial charge in [0.1, 0.15) is 11.6 Å². The van der Waals surface area contributed by atoms with Crippen LogP contribution < -0.4 is 15.0 Å². The Morgan fingerprint density at radius 1 is 0.970 bits per heavy atom. The van der Waals surface area contributed by atoms with Crippen LogP contribution in [0.15, 0.2) is 54.7 Å². The Morgan fingerprint density at radius 3 is 2.27 bits per heavy atom. The average molecular weight is 467 g/mol. The molecule has 2 aromatic heterocycles. The summed E-state index contributed by atoms with van der Waals surface area (Å²) in [5, 5.41) is 12.4. The molecule has 33 heavy (non-hydrogen) atoms. The van der Waals surface area contributed by atoms with Crippen LogP contribution in [0, 0.1) is 6.92 Å². The van der Waals surface area contributed by atoms with Gasteiger partial charge >= 0.3 is 0 Å². The van der Waals surface area contributed by atoms with Gasteiger partial charge in [0.15, 0.2) is 17.2 Å². The van der Waals surface area contributed by atoms with Gasteiger partial charge in [-0.3, -0.25) is 4.79 Å². The van der Waals surface area contributed by atoms with Crippen molar-refractivity contribution in [2.75, 3.05) is 36.4 Å². The van der Waals surface area contributed by atoms with Gasteiger partial charge in [-0.05, 0) is 68.8 Å². The number of aromatic nitrogens is 3. The third kappa shape index (κ3) is 5.70. The lowest BCUT2D eigenvalue weighted by Gasteiger charge is -2.38. The van der Waals surface area contributed by atoms with Gasteiger partial charge < -0.3 is 19.9 Å². The number of hydrogen-bond donors (Lipinski definition) is 1. The van der Waals surface area contributed by atoms with Crippen molar-refractivity contribution in [2.45, 2.75) is 26.4 Å². The first-order chi connectivity index (χ1) is 15.8. The summed E-state index contributed by atoms with van der Waals surface area (Å²) >= 11 is 5.93. The molecule has 0 aliphatic carbocycles. The molecule has 4 rings (SSSR count). The number of pyridine rings is 1. The maximum atomic E-state index is 13.1. The van der Waals surface area contributed by atoms with Crippen molar-refractivity contribution in [3.63, 3.8) is 0 Å². The fraction of sp³-hybridized carbons (Fsp3) is 0.333. The molecule has 0 spiro atoms. The number of aryl methyl sites for hydroxylation is 1. The zero-order valence-corrected chi connectivity index (χ0v) is 19.7. The molecule has 0 unspecified atom stereocenters. The van der Waals surface area contributed by atoms with Gasteiger partial charge in [0.25, 0.3) is 5.91 Å². The van der Waals surface area contributed by atoms with Crippen molar-refractivity contribution in [1.29, 1.82) is 0 Å². The molecule has 3 heterocycles. The molecule has 3 aromatic rings. The Morgan fingerprint density at radius 2 is 1.67 bits per heavy atom. The fourth-order valence-corrected chi connectivity index (χ4v) is 3.72. The summed E-state index contributed by atoms with van der Waals surface area (Å²) in [7, 11) is 0. The number of ether oxygens (including phenoxy) is 1. The molecule has 1 N–H and O–H groups in total. The van der Waals surface area contributed by atoms with Gasteiger partial charge in [0.05, 0.1) is 0 Å². The van der Waals surface area contributed by atoms with Crippen molar-refractivity contribution < 1.29 is 9.53 Å². The van der Waals surface area contributed by atoms with Crippen molar-refractivity contribution >= 4 is 35.0 Å². The first-order valence-corrected chi connectivity index (χ1v) is 11.2. The molecule has 0 saturated carbocycles. The van der Waals surface area contributed by atoms with Crippen LogP contribution in [0.25, 0.3) is 0 Å². The number of carbonyl (C=O) groups is 1. The number of nitrogens with zero attached hydrogens (tertiary/aromatic N) is 5. The fourth-order valence-electron chi connectivity index (χ4n) is 3.59. The molecule has 1 fully saturated rings. The lowest BCUT2D eigenvalue weighted by Crippen LogP contribution is -2.56. The molecule has 0 bridgehead atoms. The smallest absolute Gasteiger partial charge is 0.266 e. The van der Waals surface area contributed by atoms with E-state index >= 15 is 0 Å². The molecule has 9 heteroatoms. The van der Waals surface area contributed by atoms with E-state index in [0.29, 0.717) is 42.8 Å². The molecule has 0 radical (unpaired) electrons. The molecular formula is C24H27ClN6O2. The number of hydrogen-bond acceptors (Lipinski definition) is 7. The molecular weight excluding hydrogens is 440 g/mol. The summed E-state index contributed by atoms with van der Waals surface area (Å²) in [6.45, 7) is 8.08. The van der Waals surface area contributed by atoms with E-state index in [1.165, 1.54) is 0 Å². The van der Waals surface area contributed by atoms with E-state index < -0.39 is 5.60 Å². The maximum absolute atomic E-state index is 13.1. The molecule has 172 valence electrons. The zero-order chi connectivity index (χ0) is 23.4. The third-order valence-corrected chi connectivity index (χ3v) is 5.66. The molecule has 0 atom stereocenters. The highest BCUT2D eigenvalue weighted by Gasteiger charge is 2.36. The van der Waals surface area contributed by atoms with Crippen LogP contribution in [0.5, 0.6) is 5.75 Å². The molecule has 1 aromatic carbocycles. The molecule has 1 aliphatic heterocycles. The van der Waals surface area contributed by atoms with E-state index in [4.69, 9.17) is 16.3 Å². The van der Waals surface area contributed by atoms with Gasteiger partial charge in [0.2, 0.25) is 0 Å². The van der Waals surface area contributed by atoms with Crippen molar-refractivity contribution in [2.24, 2.45) is 0 Å². The lowest BCUT2D eigenvalue weighted by atomic mass is 10.1. The van der Waals surface area contributed by atoms with Crippen molar-refractivity contribution in [1.82, 2.24) is 20.1 Å². The van der Waals surface area contributed by atoms with E-state index in [2.05, 4.69) is 25.4 Å². The van der Waals surface area contributed by atoms with Crippen LogP contribution in [0.2, 0.25) is 5.02 Å². The van der Waals surface area contributed by atoms with Crippen LogP contribution in [0.3, 0.4) is 0 Å². The molecule has 8 nitrogen and oxygen atoms in total. The highest BCUT2D eigenvalue weighted by molar-refractivity contribution is 6.30. The van der Waals surface area contributed by atoms with Crippen molar-refractivity contribution in [3.8, 4) is 5.75 Å². The Bertz CT molecular complexity index is 1080. The second-order valence-corrected chi connectivity index (χ2v) is 8.90. The molecule has 1 saturated heterocycles. The van der Waals surface area contributed by atoms with Crippen LogP contribution >= 0.6 is 11.6 Å². The number of nitrogens with one attached hydrogen (secondary N) is 1. The SMILES string of the molecule is Cc1ccc(Nc2ccc(N3CCN(C(=O)C(C)(C)Oc4ccc(Cl)cc4)CC3)nn2)nc1. The predicted molar refractivity (Wildman–Crippen MR) is 129 cm³/mol. The van der Waals surface area contributed by atoms with E-state index in [0.717, 1.165) is 17.2 Å². The van der Waals surface area contributed by atoms with E-state index in [9.17, 15) is 4.79 Å². The van der Waals surface area contributed by atoms with E-state index in [-0.39, 0.29) is 5.91 Å². The van der Waals surface area contributed by atoms with E-state index in [1.807, 2.05) is 36.1 Å². The number of piperazine rings is 1. The number of rotatable bonds is 6. The normalized spacial score (nSPS) is 14.2. The van der Waals surface area contributed by atoms with Crippen LogP contribution in [-0.2, 0) is 4.79 Å². The topological polar surface area (TPSA) is 83.5 Å². The standard InChI is InChI=1S/C24H27ClN6O2/c1-17-4-9-20(26-16-17)27-21-10-11-22(29-28-21)30-12-14-31(15-13-30)23(32)24(2,3)33-19-7-5-18(25)6-8-19/h4-11,16H,12-15H2,1-3H3,(H,26,27,28). The second-order valence-electron chi connectivity index (χ2n) is 8.47. The predicted octanol–water partition coefficient (Wildman–Crippen LogP) is 4.08. The second kappa shape index (κ2) is 9.62. The monoisotopic (exact) mass is 466 g/mol. The highest BCUT2D eigenvalue weighted by atomic mass is 35.5. The minimum atomic E-state index is -0.979. The third-order valence-electron chi connectivity index (χ3n) is 5.41. The zero-order valence-electron chi connectivity index (χ0n) is 19.0. The minimum absolute atomic E-state index is 0.0478. The van der Waals surface area contributed by atoms with Crippen molar-refractivity contribution in [3.05, 3.63) is 65.3 Å². The number of halogens is 1. The quantitative estimate of drug-likeness (QED) is 0.585. The highest BCUT2D eigenvalue weighted by Crippen LogP contribution is 2.24. The van der Waals surface area contributed by atoms with Crippen LogP contribution in [0.4, 0.5) is 17.5 Å². The molecule has 1 aliphatic rings. The summed E-state index contributed by atoms with van der Waals surface area (Å²) in [6.07, 6.45) is 1.80. The van der Waals surface area contributed by atoms with Gasteiger partial charge in [-0.1, -0.05) is 17.7 Å². The maximum Gasteiger partial charge on any atom is 0.266 e. The summed E-state index contributed by atoms with van der Waals surface area (Å²) < 4.78 is 5.95. The Hall–Kier alpha value is -3.39. The summed E-state index contributed by atoms with van der Waals surface area (Å²) in [6, 6.07) is 14.7. The summed E-state index contributed by atoms with van der Waals surface area (Å²) in [5.41, 5.74) is 0.118. The number of anilines is 3. The summed E-state index contributed by atoms with van der Waals surface area (Å²) in [4.78, 5) is 21.4. The summed E-state index contributed by atoms with van der Waals surface area (Å²) in [5.74, 6) is 2.69. The Labute approximate surface area is 198 Å². The first kappa shape index (κ1) is 22.8. The number of benzene rings is 1. The Kier molecular flexibility index (Phi) is 6.65. The van der Waals surface area contributed by atoms with E-state index in [1.54, 1.807) is 44.3 Å². The first-order valence-electron chi connectivity index (χ1n) is 10.8. The Balaban J connectivity index is 1.31. The van der Waals surface area contributed by atoms with Crippen LogP contribution in [0.1, 0.15) is 19.4 Å². The van der Waals surface area contributed by atoms with Gasteiger partial charge in [-0.25, -0.2) is 4.98 Å². The number of amides is 1. The van der Waals surface area contributed by atoms with Crippen LogP contribution in [-0.4, -0.2) is 57.8 Å². The van der Waals surface area contributed by atoms with Gasteiger partial charge in [-0.15, -0.1) is 10.2 Å². The largest absolute Gasteiger partial charge is 0.478 e. The van der Waals surface area contributed by atoms with Gasteiger partial charge in [0, 0.05) is 37.4 Å². The van der Waals surface area contributed by atoms with Gasteiger partial charge in [-0.2, -0.15) is 0 Å². The molecule has 1 amide bonds. The lowest BCUT2D eigenvalue weighted by molar-refractivity contribution is -0.145. The minimum Gasteiger partial charge on any atom is -0.478 e. The average Bonchev–Trinajstić information content (AvgIpc) is 2.82.